The van der Waals surface area contributed by atoms with Gasteiger partial charge in [0.15, 0.2) is 0 Å². The molecule has 0 radical (unpaired) electrons. The Labute approximate surface area is 74.1 Å². The van der Waals surface area contributed by atoms with E-state index in [0.717, 1.165) is 0 Å². The predicted molar refractivity (Wildman–Crippen MR) is 53.8 cm³/mol. The van der Waals surface area contributed by atoms with Gasteiger partial charge in [0, 0.05) is 11.4 Å². The molecule has 0 amide bonds. The lowest BCUT2D eigenvalue weighted by Crippen LogP contribution is -1.99. The summed E-state index contributed by atoms with van der Waals surface area (Å²) in [4.78, 5) is 9.81. The zero-order valence-corrected chi connectivity index (χ0v) is 8.31. The van der Waals surface area contributed by atoms with Crippen LogP contribution in [0.15, 0.2) is 24.3 Å². The van der Waals surface area contributed by atoms with Crippen LogP contribution in [0.2, 0.25) is 0 Å². The van der Waals surface area contributed by atoms with Crippen LogP contribution in [0.3, 0.4) is 0 Å². The van der Waals surface area contributed by atoms with Crippen LogP contribution in [-0.2, 0) is 0 Å². The van der Waals surface area contributed by atoms with Crippen molar-refractivity contribution in [2.75, 3.05) is 0 Å². The van der Waals surface area contributed by atoms with Crippen molar-refractivity contribution in [3.05, 3.63) is 34.4 Å². The number of benzene rings is 1. The SMILES string of the molecule is CC.O=[N+]([O-])c1ccccc1P. The molecular weight excluding hydrogens is 173 g/mol. The third kappa shape index (κ3) is 2.97. The summed E-state index contributed by atoms with van der Waals surface area (Å²) in [5, 5.41) is 10.8. The topological polar surface area (TPSA) is 43.1 Å². The predicted octanol–water partition coefficient (Wildman–Crippen LogP) is 2.12. The van der Waals surface area contributed by atoms with Crippen LogP contribution in [0.1, 0.15) is 13.8 Å². The summed E-state index contributed by atoms with van der Waals surface area (Å²) in [7, 11) is 2.31. The van der Waals surface area contributed by atoms with E-state index in [1.54, 1.807) is 18.2 Å². The van der Waals surface area contributed by atoms with E-state index in [1.165, 1.54) is 6.07 Å². The lowest BCUT2D eigenvalue weighted by atomic mass is 10.3. The summed E-state index contributed by atoms with van der Waals surface area (Å²) in [6.45, 7) is 4.00. The maximum absolute atomic E-state index is 10.2. The maximum Gasteiger partial charge on any atom is 0.276 e. The largest absolute Gasteiger partial charge is 0.276 e. The minimum Gasteiger partial charge on any atom is -0.258 e. The highest BCUT2D eigenvalue weighted by atomic mass is 31.0. The summed E-state index contributed by atoms with van der Waals surface area (Å²) in [5.74, 6) is 0. The standard InChI is InChI=1S/C6H6NO2P.C2H6/c8-7(9)5-3-1-2-4-6(5)10;1-2/h1-4H,10H2;1-2H3. The van der Waals surface area contributed by atoms with Crippen LogP contribution in [0.25, 0.3) is 0 Å². The molecule has 0 saturated heterocycles. The molecule has 0 aliphatic rings. The summed E-state index contributed by atoms with van der Waals surface area (Å²) in [5.41, 5.74) is 0.146. The van der Waals surface area contributed by atoms with Gasteiger partial charge in [0.2, 0.25) is 0 Å². The van der Waals surface area contributed by atoms with Gasteiger partial charge in [-0.1, -0.05) is 35.2 Å². The molecule has 0 fully saturated rings. The van der Waals surface area contributed by atoms with Gasteiger partial charge in [0.25, 0.3) is 5.69 Å². The summed E-state index contributed by atoms with van der Waals surface area (Å²) in [6.07, 6.45) is 0. The van der Waals surface area contributed by atoms with Crippen molar-refractivity contribution in [2.24, 2.45) is 0 Å². The quantitative estimate of drug-likeness (QED) is 0.382. The molecule has 3 nitrogen and oxygen atoms in total. The van der Waals surface area contributed by atoms with E-state index in [0.29, 0.717) is 5.30 Å². The average molecular weight is 185 g/mol. The molecule has 1 atom stereocenters. The van der Waals surface area contributed by atoms with Crippen LogP contribution in [-0.4, -0.2) is 4.92 Å². The number of rotatable bonds is 1. The number of nitro benzene ring substituents is 1. The number of hydrogen-bond donors (Lipinski definition) is 0. The molecule has 4 heteroatoms. The van der Waals surface area contributed by atoms with E-state index in [9.17, 15) is 10.1 Å². The number of nitrogens with zero attached hydrogens (tertiary/aromatic N) is 1. The van der Waals surface area contributed by atoms with Crippen molar-refractivity contribution >= 4 is 20.2 Å². The smallest absolute Gasteiger partial charge is 0.258 e. The van der Waals surface area contributed by atoms with E-state index in [-0.39, 0.29) is 5.69 Å². The first-order valence-corrected chi connectivity index (χ1v) is 4.28. The second-order valence-corrected chi connectivity index (χ2v) is 2.44. The van der Waals surface area contributed by atoms with Crippen LogP contribution in [0.4, 0.5) is 5.69 Å². The van der Waals surface area contributed by atoms with Gasteiger partial charge in [-0.3, -0.25) is 10.1 Å². The monoisotopic (exact) mass is 185 g/mol. The zero-order valence-electron chi connectivity index (χ0n) is 7.15. The Balaban J connectivity index is 0.000000561. The van der Waals surface area contributed by atoms with E-state index in [1.807, 2.05) is 13.8 Å². The van der Waals surface area contributed by atoms with Gasteiger partial charge >= 0.3 is 0 Å². The van der Waals surface area contributed by atoms with Gasteiger partial charge in [0.1, 0.15) is 0 Å². The number of nitro groups is 1. The van der Waals surface area contributed by atoms with Crippen LogP contribution >= 0.6 is 9.24 Å². The number of hydrogen-bond acceptors (Lipinski definition) is 2. The van der Waals surface area contributed by atoms with E-state index < -0.39 is 4.92 Å². The highest BCUT2D eigenvalue weighted by Gasteiger charge is 2.06. The lowest BCUT2D eigenvalue weighted by molar-refractivity contribution is -0.383. The molecule has 1 aromatic rings. The Kier molecular flexibility index (Phi) is 5.22. The Morgan fingerprint density at radius 3 is 2.17 bits per heavy atom. The first-order valence-electron chi connectivity index (χ1n) is 3.70. The van der Waals surface area contributed by atoms with Gasteiger partial charge < -0.3 is 0 Å². The molecule has 1 rings (SSSR count). The Morgan fingerprint density at radius 1 is 1.33 bits per heavy atom. The minimum absolute atomic E-state index is 0.146. The molecule has 0 aliphatic heterocycles. The van der Waals surface area contributed by atoms with E-state index in [4.69, 9.17) is 0 Å². The second-order valence-electron chi connectivity index (χ2n) is 1.82. The Hall–Kier alpha value is -0.950. The van der Waals surface area contributed by atoms with Gasteiger partial charge in [0.05, 0.1) is 4.92 Å². The average Bonchev–Trinajstić information content (AvgIpc) is 2.08. The highest BCUT2D eigenvalue weighted by molar-refractivity contribution is 7.27. The van der Waals surface area contributed by atoms with Crippen LogP contribution < -0.4 is 5.30 Å². The van der Waals surface area contributed by atoms with Crippen molar-refractivity contribution in [2.45, 2.75) is 13.8 Å². The summed E-state index contributed by atoms with van der Waals surface area (Å²) >= 11 is 0. The molecule has 0 saturated carbocycles. The molecular formula is C8H12NO2P. The first-order chi connectivity index (χ1) is 5.72. The van der Waals surface area contributed by atoms with Gasteiger partial charge in [-0.15, -0.1) is 0 Å². The number of para-hydroxylation sites is 1. The molecule has 0 aliphatic carbocycles. The normalized spacial score (nSPS) is 8.25. The summed E-state index contributed by atoms with van der Waals surface area (Å²) in [6, 6.07) is 6.56. The van der Waals surface area contributed by atoms with Gasteiger partial charge in [-0.2, -0.15) is 0 Å². The fourth-order valence-electron chi connectivity index (χ4n) is 0.654. The van der Waals surface area contributed by atoms with Crippen molar-refractivity contribution in [3.8, 4) is 0 Å². The van der Waals surface area contributed by atoms with Crippen molar-refractivity contribution in [3.63, 3.8) is 0 Å². The van der Waals surface area contributed by atoms with Crippen LogP contribution in [0.5, 0.6) is 0 Å². The van der Waals surface area contributed by atoms with Gasteiger partial charge in [-0.05, 0) is 6.07 Å². The Morgan fingerprint density at radius 2 is 1.83 bits per heavy atom. The molecule has 1 unspecified atom stereocenters. The van der Waals surface area contributed by atoms with Crippen molar-refractivity contribution in [1.29, 1.82) is 0 Å². The highest BCUT2D eigenvalue weighted by Crippen LogP contribution is 2.08. The molecule has 1 aromatic carbocycles. The summed E-state index contributed by atoms with van der Waals surface area (Å²) < 4.78 is 0. The van der Waals surface area contributed by atoms with Crippen LogP contribution in [0, 0.1) is 10.1 Å². The van der Waals surface area contributed by atoms with Crippen molar-refractivity contribution < 1.29 is 4.92 Å². The van der Waals surface area contributed by atoms with E-state index in [2.05, 4.69) is 9.24 Å². The molecule has 0 N–H and O–H groups in total. The first kappa shape index (κ1) is 11.1. The maximum atomic E-state index is 10.2. The molecule has 0 bridgehead atoms. The molecule has 0 aromatic heterocycles. The Bertz CT molecular complexity index is 263. The molecule has 0 heterocycles. The van der Waals surface area contributed by atoms with Gasteiger partial charge in [-0.25, -0.2) is 0 Å². The third-order valence-corrected chi connectivity index (χ3v) is 1.62. The third-order valence-electron chi connectivity index (χ3n) is 1.13. The minimum atomic E-state index is -0.400. The molecule has 0 spiro atoms. The fourth-order valence-corrected chi connectivity index (χ4v) is 0.967. The second kappa shape index (κ2) is 5.67. The fraction of sp³-hybridized carbons (Fsp3) is 0.250. The molecule has 12 heavy (non-hydrogen) atoms. The van der Waals surface area contributed by atoms with Crippen molar-refractivity contribution in [1.82, 2.24) is 0 Å². The van der Waals surface area contributed by atoms with E-state index >= 15 is 0 Å². The zero-order chi connectivity index (χ0) is 9.56. The molecule has 66 valence electrons. The lowest BCUT2D eigenvalue weighted by Gasteiger charge is -1.92.